The Hall–Kier alpha value is -1.54. The van der Waals surface area contributed by atoms with Crippen LogP contribution in [0.4, 0.5) is 0 Å². The van der Waals surface area contributed by atoms with Crippen LogP contribution in [0.1, 0.15) is 49.7 Å². The zero-order valence-electron chi connectivity index (χ0n) is 14.6. The third kappa shape index (κ3) is 2.52. The molecule has 4 fully saturated rings. The molecule has 4 bridgehead atoms. The van der Waals surface area contributed by atoms with E-state index >= 15 is 0 Å². The molecule has 0 atom stereocenters. The molecule has 4 saturated carbocycles. The maximum Gasteiger partial charge on any atom is 0.133 e. The Bertz CT molecular complexity index is 695. The molecular weight excluding hydrogens is 294 g/mol. The summed E-state index contributed by atoms with van der Waals surface area (Å²) in [6.45, 7) is 3.24. The highest BCUT2D eigenvalue weighted by Gasteiger charge is 2.50. The molecule has 0 amide bonds. The van der Waals surface area contributed by atoms with Crippen molar-refractivity contribution < 1.29 is 4.42 Å². The van der Waals surface area contributed by atoms with E-state index in [0.717, 1.165) is 30.1 Å². The molecule has 4 aliphatic rings. The van der Waals surface area contributed by atoms with Crippen molar-refractivity contribution in [3.05, 3.63) is 47.7 Å². The summed E-state index contributed by atoms with van der Waals surface area (Å²) in [4.78, 5) is 0. The van der Waals surface area contributed by atoms with Crippen LogP contribution in [0.15, 0.2) is 41.0 Å². The first-order valence-electron chi connectivity index (χ1n) is 9.58. The van der Waals surface area contributed by atoms with E-state index in [2.05, 4.69) is 30.4 Å². The lowest BCUT2D eigenvalue weighted by Gasteiger charge is -2.57. The molecule has 1 aromatic heterocycles. The van der Waals surface area contributed by atoms with Gasteiger partial charge in [0.1, 0.15) is 5.76 Å². The van der Waals surface area contributed by atoms with Gasteiger partial charge < -0.3 is 9.73 Å². The average Bonchev–Trinajstić information content (AvgIpc) is 3.07. The third-order valence-electron chi connectivity index (χ3n) is 6.84. The van der Waals surface area contributed by atoms with Crippen LogP contribution in [0.5, 0.6) is 0 Å². The van der Waals surface area contributed by atoms with Crippen molar-refractivity contribution in [3.8, 4) is 11.3 Å². The summed E-state index contributed by atoms with van der Waals surface area (Å²) in [7, 11) is 0. The zero-order chi connectivity index (χ0) is 16.1. The number of furan rings is 1. The highest BCUT2D eigenvalue weighted by molar-refractivity contribution is 5.59. The molecule has 24 heavy (non-hydrogen) atoms. The molecule has 2 nitrogen and oxygen atoms in total. The first kappa shape index (κ1) is 14.8. The fraction of sp³-hybridized carbons (Fsp3) is 0.545. The van der Waals surface area contributed by atoms with E-state index < -0.39 is 0 Å². The van der Waals surface area contributed by atoms with Crippen molar-refractivity contribution in [2.75, 3.05) is 0 Å². The lowest BCUT2D eigenvalue weighted by molar-refractivity contribution is -0.0206. The molecule has 0 unspecified atom stereocenters. The maximum absolute atomic E-state index is 5.52. The average molecular weight is 321 g/mol. The van der Waals surface area contributed by atoms with E-state index in [1.165, 1.54) is 55.2 Å². The van der Waals surface area contributed by atoms with E-state index in [0.29, 0.717) is 5.54 Å². The number of hydrogen-bond donors (Lipinski definition) is 1. The summed E-state index contributed by atoms with van der Waals surface area (Å²) in [5.41, 5.74) is 4.42. The SMILES string of the molecule is Cc1cc(-c2ccco2)ccc1CNC12CC3CC(CC(C3)C1)C2. The monoisotopic (exact) mass is 321 g/mol. The number of nitrogens with one attached hydrogen (secondary N) is 1. The van der Waals surface area contributed by atoms with Gasteiger partial charge in [0.05, 0.1) is 6.26 Å². The second-order valence-corrected chi connectivity index (χ2v) is 8.67. The van der Waals surface area contributed by atoms with E-state index in [-0.39, 0.29) is 0 Å². The molecule has 0 aliphatic heterocycles. The van der Waals surface area contributed by atoms with Crippen molar-refractivity contribution in [2.45, 2.75) is 57.5 Å². The summed E-state index contributed by atoms with van der Waals surface area (Å²) in [5.74, 6) is 3.97. The Labute approximate surface area is 144 Å². The summed E-state index contributed by atoms with van der Waals surface area (Å²) >= 11 is 0. The van der Waals surface area contributed by atoms with Gasteiger partial charge in [-0.3, -0.25) is 0 Å². The fourth-order valence-electron chi connectivity index (χ4n) is 6.10. The highest BCUT2D eigenvalue weighted by atomic mass is 16.3. The minimum absolute atomic E-state index is 0.445. The van der Waals surface area contributed by atoms with Gasteiger partial charge in [-0.15, -0.1) is 0 Å². The van der Waals surface area contributed by atoms with Gasteiger partial charge in [0.15, 0.2) is 0 Å². The summed E-state index contributed by atoms with van der Waals surface area (Å²) in [6.07, 6.45) is 10.5. The lowest BCUT2D eigenvalue weighted by atomic mass is 9.53. The van der Waals surface area contributed by atoms with Crippen LogP contribution in [0, 0.1) is 24.7 Å². The summed E-state index contributed by atoms with van der Waals surface area (Å²) in [6, 6.07) is 10.7. The Morgan fingerprint density at radius 3 is 2.33 bits per heavy atom. The summed E-state index contributed by atoms with van der Waals surface area (Å²) < 4.78 is 5.52. The molecule has 0 saturated heterocycles. The molecule has 126 valence electrons. The topological polar surface area (TPSA) is 25.2 Å². The maximum atomic E-state index is 5.52. The van der Waals surface area contributed by atoms with Crippen LogP contribution in [0.3, 0.4) is 0 Å². The fourth-order valence-corrected chi connectivity index (χ4v) is 6.10. The van der Waals surface area contributed by atoms with Crippen molar-refractivity contribution in [1.29, 1.82) is 0 Å². The molecule has 6 rings (SSSR count). The Morgan fingerprint density at radius 1 is 1.04 bits per heavy atom. The third-order valence-corrected chi connectivity index (χ3v) is 6.84. The van der Waals surface area contributed by atoms with Gasteiger partial charge in [-0.1, -0.05) is 12.1 Å². The second kappa shape index (κ2) is 5.49. The van der Waals surface area contributed by atoms with Crippen LogP contribution < -0.4 is 5.32 Å². The lowest BCUT2D eigenvalue weighted by Crippen LogP contribution is -2.58. The summed E-state index contributed by atoms with van der Waals surface area (Å²) in [5, 5.41) is 4.02. The number of benzene rings is 1. The normalized spacial score (nSPS) is 34.0. The van der Waals surface area contributed by atoms with E-state index in [1.807, 2.05) is 12.1 Å². The predicted octanol–water partition coefficient (Wildman–Crippen LogP) is 5.31. The molecule has 2 aromatic rings. The number of rotatable bonds is 4. The van der Waals surface area contributed by atoms with Crippen LogP contribution >= 0.6 is 0 Å². The number of hydrogen-bond acceptors (Lipinski definition) is 2. The van der Waals surface area contributed by atoms with Gasteiger partial charge in [0.25, 0.3) is 0 Å². The second-order valence-electron chi connectivity index (χ2n) is 8.67. The van der Waals surface area contributed by atoms with Crippen LogP contribution in [-0.4, -0.2) is 5.54 Å². The quantitative estimate of drug-likeness (QED) is 0.825. The van der Waals surface area contributed by atoms with E-state index in [9.17, 15) is 0 Å². The van der Waals surface area contributed by atoms with Crippen molar-refractivity contribution in [3.63, 3.8) is 0 Å². The minimum atomic E-state index is 0.445. The predicted molar refractivity (Wildman–Crippen MR) is 96.6 cm³/mol. The van der Waals surface area contributed by atoms with Crippen molar-refractivity contribution >= 4 is 0 Å². The van der Waals surface area contributed by atoms with E-state index in [1.54, 1.807) is 6.26 Å². The smallest absolute Gasteiger partial charge is 0.133 e. The van der Waals surface area contributed by atoms with E-state index in [4.69, 9.17) is 4.42 Å². The Morgan fingerprint density at radius 2 is 1.75 bits per heavy atom. The van der Waals surface area contributed by atoms with Gasteiger partial charge in [0, 0.05) is 17.6 Å². The molecule has 2 heteroatoms. The van der Waals surface area contributed by atoms with Gasteiger partial charge in [0.2, 0.25) is 0 Å². The molecular formula is C22H27NO. The first-order valence-corrected chi connectivity index (χ1v) is 9.58. The van der Waals surface area contributed by atoms with Crippen LogP contribution in [0.25, 0.3) is 11.3 Å². The van der Waals surface area contributed by atoms with Crippen LogP contribution in [-0.2, 0) is 6.54 Å². The molecule has 1 heterocycles. The van der Waals surface area contributed by atoms with Crippen molar-refractivity contribution in [2.24, 2.45) is 17.8 Å². The zero-order valence-corrected chi connectivity index (χ0v) is 14.6. The molecule has 0 radical (unpaired) electrons. The van der Waals surface area contributed by atoms with Gasteiger partial charge in [-0.05, 0) is 92.5 Å². The minimum Gasteiger partial charge on any atom is -0.464 e. The van der Waals surface area contributed by atoms with Gasteiger partial charge in [-0.25, -0.2) is 0 Å². The van der Waals surface area contributed by atoms with Gasteiger partial charge >= 0.3 is 0 Å². The van der Waals surface area contributed by atoms with Gasteiger partial charge in [-0.2, -0.15) is 0 Å². The molecule has 1 aromatic carbocycles. The largest absolute Gasteiger partial charge is 0.464 e. The number of aryl methyl sites for hydroxylation is 1. The molecule has 1 N–H and O–H groups in total. The Balaban J connectivity index is 1.32. The van der Waals surface area contributed by atoms with Crippen LogP contribution in [0.2, 0.25) is 0 Å². The standard InChI is InChI=1S/C22H27NO/c1-15-7-19(21-3-2-6-24-21)4-5-20(15)14-23-22-11-16-8-17(12-22)10-18(9-16)13-22/h2-7,16-18,23H,8-14H2,1H3. The highest BCUT2D eigenvalue weighted by Crippen LogP contribution is 2.55. The molecule has 0 spiro atoms. The van der Waals surface area contributed by atoms with Crippen molar-refractivity contribution in [1.82, 2.24) is 5.32 Å². The Kier molecular flexibility index (Phi) is 3.38. The first-order chi connectivity index (χ1) is 11.7. The molecule has 4 aliphatic carbocycles.